The summed E-state index contributed by atoms with van der Waals surface area (Å²) in [6.07, 6.45) is 4.42. The summed E-state index contributed by atoms with van der Waals surface area (Å²) in [6, 6.07) is 0.0968. The van der Waals surface area contributed by atoms with E-state index in [1.165, 1.54) is 0 Å². The number of hydrogen-bond acceptors (Lipinski definition) is 5. The molecule has 1 aromatic heterocycles. The Kier molecular flexibility index (Phi) is 5.12. The van der Waals surface area contributed by atoms with Gasteiger partial charge in [-0.15, -0.1) is 5.10 Å². The number of rotatable bonds is 6. The van der Waals surface area contributed by atoms with Crippen molar-refractivity contribution in [3.05, 3.63) is 16.8 Å². The molecule has 1 saturated carbocycles. The quantitative estimate of drug-likeness (QED) is 0.837. The minimum atomic E-state index is -0.953. The van der Waals surface area contributed by atoms with Crippen LogP contribution in [-0.2, 0) is 17.6 Å². The zero-order valence-corrected chi connectivity index (χ0v) is 12.8. The van der Waals surface area contributed by atoms with Gasteiger partial charge in [0.15, 0.2) is 5.82 Å². The highest BCUT2D eigenvalue weighted by Gasteiger charge is 2.29. The van der Waals surface area contributed by atoms with E-state index < -0.39 is 5.97 Å². The zero-order chi connectivity index (χ0) is 15.4. The van der Waals surface area contributed by atoms with Gasteiger partial charge in [0.1, 0.15) is 5.56 Å². The summed E-state index contributed by atoms with van der Waals surface area (Å²) in [4.78, 5) is 11.7. The molecule has 2 atom stereocenters. The van der Waals surface area contributed by atoms with Crippen molar-refractivity contribution in [1.82, 2.24) is 10.2 Å². The number of anilines is 1. The van der Waals surface area contributed by atoms with Crippen molar-refractivity contribution >= 4 is 11.8 Å². The molecule has 0 aromatic carbocycles. The Bertz CT molecular complexity index is 519. The number of hydrogen-bond donors (Lipinski definition) is 2. The SMILES string of the molecule is CCc1nnc(NC2CCCC2OC)c(C(=O)O)c1CC. The van der Waals surface area contributed by atoms with E-state index >= 15 is 0 Å². The molecule has 0 aliphatic heterocycles. The van der Waals surface area contributed by atoms with Crippen LogP contribution in [0.15, 0.2) is 0 Å². The number of aromatic nitrogens is 2. The topological polar surface area (TPSA) is 84.3 Å². The van der Waals surface area contributed by atoms with E-state index in [2.05, 4.69) is 15.5 Å². The van der Waals surface area contributed by atoms with E-state index in [4.69, 9.17) is 4.74 Å². The summed E-state index contributed by atoms with van der Waals surface area (Å²) < 4.78 is 5.44. The molecule has 1 aliphatic carbocycles. The third kappa shape index (κ3) is 3.15. The summed E-state index contributed by atoms with van der Waals surface area (Å²) in [6.45, 7) is 3.90. The van der Waals surface area contributed by atoms with Gasteiger partial charge in [0.05, 0.1) is 17.8 Å². The van der Waals surface area contributed by atoms with Crippen LogP contribution in [0.5, 0.6) is 0 Å². The summed E-state index contributed by atoms with van der Waals surface area (Å²) in [5, 5.41) is 21.1. The number of aromatic carboxylic acids is 1. The number of ether oxygens (including phenoxy) is 1. The Morgan fingerprint density at radius 1 is 1.33 bits per heavy atom. The minimum Gasteiger partial charge on any atom is -0.478 e. The Morgan fingerprint density at radius 2 is 2.10 bits per heavy atom. The van der Waals surface area contributed by atoms with E-state index in [0.29, 0.717) is 18.7 Å². The van der Waals surface area contributed by atoms with Gasteiger partial charge in [-0.3, -0.25) is 0 Å². The number of nitrogens with one attached hydrogen (secondary N) is 1. The third-order valence-corrected chi connectivity index (χ3v) is 4.14. The Balaban J connectivity index is 2.36. The number of nitrogens with zero attached hydrogens (tertiary/aromatic N) is 2. The highest BCUT2D eigenvalue weighted by atomic mass is 16.5. The number of carboxylic acid groups (broad SMARTS) is 1. The first-order valence-corrected chi connectivity index (χ1v) is 7.53. The standard InChI is InChI=1S/C15H23N3O3/c1-4-9-10(5-2)17-18-14(13(9)15(19)20)16-11-7-6-8-12(11)21-3/h11-12H,4-8H2,1-3H3,(H,16,18)(H,19,20). The van der Waals surface area contributed by atoms with Gasteiger partial charge in [-0.05, 0) is 37.7 Å². The van der Waals surface area contributed by atoms with E-state index in [1.807, 2.05) is 13.8 Å². The van der Waals surface area contributed by atoms with Crippen molar-refractivity contribution in [2.45, 2.75) is 58.1 Å². The van der Waals surface area contributed by atoms with Crippen LogP contribution in [0, 0.1) is 0 Å². The Hall–Kier alpha value is -1.69. The number of methoxy groups -OCH3 is 1. The maximum Gasteiger partial charge on any atom is 0.339 e. The van der Waals surface area contributed by atoms with Crippen molar-refractivity contribution in [2.75, 3.05) is 12.4 Å². The van der Waals surface area contributed by atoms with Crippen LogP contribution in [0.3, 0.4) is 0 Å². The van der Waals surface area contributed by atoms with Crippen molar-refractivity contribution in [3.63, 3.8) is 0 Å². The molecule has 6 heteroatoms. The number of carboxylic acids is 1. The molecule has 0 bridgehead atoms. The molecular weight excluding hydrogens is 270 g/mol. The van der Waals surface area contributed by atoms with Crippen LogP contribution in [0.4, 0.5) is 5.82 Å². The predicted molar refractivity (Wildman–Crippen MR) is 79.8 cm³/mol. The normalized spacial score (nSPS) is 21.5. The Labute approximate surface area is 124 Å². The van der Waals surface area contributed by atoms with Crippen LogP contribution < -0.4 is 5.32 Å². The second kappa shape index (κ2) is 6.85. The molecule has 2 rings (SSSR count). The van der Waals surface area contributed by atoms with Gasteiger partial charge in [0.2, 0.25) is 0 Å². The Morgan fingerprint density at radius 3 is 2.67 bits per heavy atom. The third-order valence-electron chi connectivity index (χ3n) is 4.14. The van der Waals surface area contributed by atoms with E-state index in [0.717, 1.165) is 30.5 Å². The minimum absolute atomic E-state index is 0.0968. The highest BCUT2D eigenvalue weighted by Crippen LogP contribution is 2.27. The van der Waals surface area contributed by atoms with E-state index in [1.54, 1.807) is 7.11 Å². The van der Waals surface area contributed by atoms with Crippen LogP contribution in [-0.4, -0.2) is 40.5 Å². The van der Waals surface area contributed by atoms with Gasteiger partial charge in [-0.1, -0.05) is 13.8 Å². The summed E-state index contributed by atoms with van der Waals surface area (Å²) >= 11 is 0. The summed E-state index contributed by atoms with van der Waals surface area (Å²) in [5.74, 6) is -0.587. The molecule has 2 N–H and O–H groups in total. The average Bonchev–Trinajstić information content (AvgIpc) is 2.93. The van der Waals surface area contributed by atoms with Crippen molar-refractivity contribution in [2.24, 2.45) is 0 Å². The molecule has 1 aromatic rings. The fourth-order valence-corrected chi connectivity index (χ4v) is 3.05. The molecular formula is C15H23N3O3. The zero-order valence-electron chi connectivity index (χ0n) is 12.8. The molecule has 0 radical (unpaired) electrons. The number of carbonyl (C=O) groups is 1. The predicted octanol–water partition coefficient (Wildman–Crippen LogP) is 2.28. The molecule has 0 amide bonds. The van der Waals surface area contributed by atoms with Crippen molar-refractivity contribution in [3.8, 4) is 0 Å². The van der Waals surface area contributed by atoms with Gasteiger partial charge in [0.25, 0.3) is 0 Å². The van der Waals surface area contributed by atoms with Crippen LogP contribution >= 0.6 is 0 Å². The second-order valence-corrected chi connectivity index (χ2v) is 5.32. The first-order chi connectivity index (χ1) is 10.1. The van der Waals surface area contributed by atoms with Gasteiger partial charge in [-0.2, -0.15) is 5.10 Å². The molecule has 1 fully saturated rings. The van der Waals surface area contributed by atoms with Gasteiger partial charge < -0.3 is 15.2 Å². The van der Waals surface area contributed by atoms with Crippen LogP contribution in [0.25, 0.3) is 0 Å². The highest BCUT2D eigenvalue weighted by molar-refractivity contribution is 5.95. The van der Waals surface area contributed by atoms with Crippen molar-refractivity contribution < 1.29 is 14.6 Å². The maximum atomic E-state index is 11.7. The van der Waals surface area contributed by atoms with E-state index in [9.17, 15) is 9.90 Å². The molecule has 6 nitrogen and oxygen atoms in total. The average molecular weight is 293 g/mol. The van der Waals surface area contributed by atoms with Crippen LogP contribution in [0.2, 0.25) is 0 Å². The van der Waals surface area contributed by atoms with Gasteiger partial charge >= 0.3 is 5.97 Å². The lowest BCUT2D eigenvalue weighted by molar-refractivity contribution is 0.0695. The molecule has 1 heterocycles. The molecule has 0 saturated heterocycles. The summed E-state index contributed by atoms with van der Waals surface area (Å²) in [5.41, 5.74) is 1.79. The smallest absolute Gasteiger partial charge is 0.339 e. The molecule has 116 valence electrons. The summed E-state index contributed by atoms with van der Waals surface area (Å²) in [7, 11) is 1.69. The first-order valence-electron chi connectivity index (χ1n) is 7.53. The van der Waals surface area contributed by atoms with Crippen molar-refractivity contribution in [1.29, 1.82) is 0 Å². The molecule has 0 spiro atoms. The lowest BCUT2D eigenvalue weighted by atomic mass is 10.0. The monoisotopic (exact) mass is 293 g/mol. The fraction of sp³-hybridized carbons (Fsp3) is 0.667. The largest absolute Gasteiger partial charge is 0.478 e. The molecule has 2 unspecified atom stereocenters. The lowest BCUT2D eigenvalue weighted by Gasteiger charge is -2.22. The van der Waals surface area contributed by atoms with E-state index in [-0.39, 0.29) is 17.7 Å². The second-order valence-electron chi connectivity index (χ2n) is 5.32. The van der Waals surface area contributed by atoms with Gasteiger partial charge in [0, 0.05) is 7.11 Å². The maximum absolute atomic E-state index is 11.7. The molecule has 21 heavy (non-hydrogen) atoms. The fourth-order valence-electron chi connectivity index (χ4n) is 3.05. The molecule has 1 aliphatic rings. The number of aryl methyl sites for hydroxylation is 1. The first kappa shape index (κ1) is 15.7. The lowest BCUT2D eigenvalue weighted by Crippen LogP contribution is -2.31. The van der Waals surface area contributed by atoms with Gasteiger partial charge in [-0.25, -0.2) is 4.79 Å². The van der Waals surface area contributed by atoms with Crippen LogP contribution in [0.1, 0.15) is 54.7 Å².